The molecule has 21 heavy (non-hydrogen) atoms. The summed E-state index contributed by atoms with van der Waals surface area (Å²) in [5, 5.41) is 7.72. The van der Waals surface area contributed by atoms with Crippen molar-refractivity contribution in [1.82, 2.24) is 15.1 Å². The van der Waals surface area contributed by atoms with E-state index in [-0.39, 0.29) is 0 Å². The van der Waals surface area contributed by atoms with E-state index in [4.69, 9.17) is 9.47 Å². The molecule has 1 N–H and O–H groups in total. The summed E-state index contributed by atoms with van der Waals surface area (Å²) in [7, 11) is 0. The Labute approximate surface area is 124 Å². The number of nitrogens with zero attached hydrogens (tertiary/aromatic N) is 2. The van der Waals surface area contributed by atoms with Crippen LogP contribution in [0.15, 0.2) is 36.7 Å². The fourth-order valence-electron chi connectivity index (χ4n) is 2.36. The number of hydrogen-bond donors (Lipinski definition) is 1. The maximum absolute atomic E-state index is 5.71. The zero-order valence-electron chi connectivity index (χ0n) is 12.3. The molecule has 5 heteroatoms. The van der Waals surface area contributed by atoms with Gasteiger partial charge in [-0.1, -0.05) is 6.07 Å². The van der Waals surface area contributed by atoms with Gasteiger partial charge in [-0.3, -0.25) is 4.68 Å². The lowest BCUT2D eigenvalue weighted by atomic mass is 10.2. The fourth-order valence-corrected chi connectivity index (χ4v) is 2.36. The molecule has 0 radical (unpaired) electrons. The molecular weight excluding hydrogens is 266 g/mol. The van der Waals surface area contributed by atoms with Gasteiger partial charge in [0.25, 0.3) is 0 Å². The molecule has 2 heterocycles. The van der Waals surface area contributed by atoms with Crippen molar-refractivity contribution in [2.24, 2.45) is 0 Å². The number of hydrogen-bond acceptors (Lipinski definition) is 4. The van der Waals surface area contributed by atoms with Crippen LogP contribution in [0.2, 0.25) is 0 Å². The molecule has 0 fully saturated rings. The second-order valence-electron chi connectivity index (χ2n) is 5.34. The van der Waals surface area contributed by atoms with Crippen LogP contribution >= 0.6 is 0 Å². The summed E-state index contributed by atoms with van der Waals surface area (Å²) in [6, 6.07) is 8.43. The standard InChI is InChI=1S/C16H21N3O2/c1-13(12-19-7-2-6-18-19)17-11-14-4-5-15-16(10-14)21-9-3-8-20-15/h2,4-7,10,13,17H,3,8-9,11-12H2,1H3. The first-order valence-electron chi connectivity index (χ1n) is 7.40. The van der Waals surface area contributed by atoms with E-state index in [1.54, 1.807) is 6.20 Å². The van der Waals surface area contributed by atoms with Crippen molar-refractivity contribution in [3.8, 4) is 11.5 Å². The van der Waals surface area contributed by atoms with Crippen molar-refractivity contribution < 1.29 is 9.47 Å². The van der Waals surface area contributed by atoms with E-state index in [0.29, 0.717) is 6.04 Å². The van der Waals surface area contributed by atoms with E-state index in [1.165, 1.54) is 5.56 Å². The maximum Gasteiger partial charge on any atom is 0.161 e. The van der Waals surface area contributed by atoms with Gasteiger partial charge in [0.2, 0.25) is 0 Å². The van der Waals surface area contributed by atoms with Crippen molar-refractivity contribution in [3.63, 3.8) is 0 Å². The Bertz CT molecular complexity index is 569. The molecule has 5 nitrogen and oxygen atoms in total. The lowest BCUT2D eigenvalue weighted by Crippen LogP contribution is -2.30. The molecule has 1 aromatic carbocycles. The zero-order valence-corrected chi connectivity index (χ0v) is 12.3. The van der Waals surface area contributed by atoms with Gasteiger partial charge in [-0.15, -0.1) is 0 Å². The Morgan fingerprint density at radius 2 is 2.14 bits per heavy atom. The van der Waals surface area contributed by atoms with Crippen LogP contribution < -0.4 is 14.8 Å². The molecule has 0 aliphatic carbocycles. The highest BCUT2D eigenvalue weighted by Crippen LogP contribution is 2.30. The number of aromatic nitrogens is 2. The third kappa shape index (κ3) is 3.76. The van der Waals surface area contributed by atoms with Crippen molar-refractivity contribution in [3.05, 3.63) is 42.2 Å². The molecule has 0 amide bonds. The van der Waals surface area contributed by atoms with Crippen LogP contribution in [0.4, 0.5) is 0 Å². The molecular formula is C16H21N3O2. The Hall–Kier alpha value is -2.01. The predicted octanol–water partition coefficient (Wildman–Crippen LogP) is 2.22. The summed E-state index contributed by atoms with van der Waals surface area (Å²) in [4.78, 5) is 0. The molecule has 3 rings (SSSR count). The second-order valence-corrected chi connectivity index (χ2v) is 5.34. The van der Waals surface area contributed by atoms with Gasteiger partial charge in [0.1, 0.15) is 0 Å². The van der Waals surface area contributed by atoms with Gasteiger partial charge in [0, 0.05) is 31.4 Å². The molecule has 0 spiro atoms. The van der Waals surface area contributed by atoms with Crippen LogP contribution in [0.3, 0.4) is 0 Å². The number of ether oxygens (including phenoxy) is 2. The highest BCUT2D eigenvalue weighted by atomic mass is 16.5. The minimum atomic E-state index is 0.348. The number of benzene rings is 1. The highest BCUT2D eigenvalue weighted by Gasteiger charge is 2.11. The average Bonchev–Trinajstić information content (AvgIpc) is 2.88. The smallest absolute Gasteiger partial charge is 0.161 e. The van der Waals surface area contributed by atoms with E-state index in [1.807, 2.05) is 23.0 Å². The molecule has 0 saturated heterocycles. The molecule has 0 bridgehead atoms. The largest absolute Gasteiger partial charge is 0.490 e. The third-order valence-electron chi connectivity index (χ3n) is 3.49. The third-order valence-corrected chi connectivity index (χ3v) is 3.49. The van der Waals surface area contributed by atoms with Crippen molar-refractivity contribution in [2.45, 2.75) is 32.5 Å². The summed E-state index contributed by atoms with van der Waals surface area (Å²) in [6.45, 7) is 5.27. The number of fused-ring (bicyclic) bond motifs is 1. The molecule has 0 saturated carbocycles. The Balaban J connectivity index is 1.56. The fraction of sp³-hybridized carbons (Fsp3) is 0.438. The molecule has 2 aromatic rings. The van der Waals surface area contributed by atoms with E-state index in [2.05, 4.69) is 29.5 Å². The van der Waals surface area contributed by atoms with Gasteiger partial charge in [-0.2, -0.15) is 5.10 Å². The van der Waals surface area contributed by atoms with Crippen LogP contribution in [0.5, 0.6) is 11.5 Å². The highest BCUT2D eigenvalue weighted by molar-refractivity contribution is 5.43. The summed E-state index contributed by atoms with van der Waals surface area (Å²) in [5.74, 6) is 1.70. The Morgan fingerprint density at radius 1 is 1.29 bits per heavy atom. The lowest BCUT2D eigenvalue weighted by molar-refractivity contribution is 0.297. The second kappa shape index (κ2) is 6.63. The SMILES string of the molecule is CC(Cn1cccn1)NCc1ccc2c(c1)OCCCO2. The van der Waals surface area contributed by atoms with E-state index >= 15 is 0 Å². The van der Waals surface area contributed by atoms with E-state index in [9.17, 15) is 0 Å². The van der Waals surface area contributed by atoms with Crippen molar-refractivity contribution in [1.29, 1.82) is 0 Å². The number of nitrogens with one attached hydrogen (secondary N) is 1. The van der Waals surface area contributed by atoms with Gasteiger partial charge < -0.3 is 14.8 Å². The normalized spacial score (nSPS) is 15.5. The Kier molecular flexibility index (Phi) is 4.40. The molecule has 1 aliphatic heterocycles. The van der Waals surface area contributed by atoms with E-state index < -0.39 is 0 Å². The minimum absolute atomic E-state index is 0.348. The summed E-state index contributed by atoms with van der Waals surface area (Å²) >= 11 is 0. The van der Waals surface area contributed by atoms with Crippen LogP contribution in [-0.2, 0) is 13.1 Å². The summed E-state index contributed by atoms with van der Waals surface area (Å²) < 4.78 is 13.3. The maximum atomic E-state index is 5.71. The number of rotatable bonds is 5. The van der Waals surface area contributed by atoms with E-state index in [0.717, 1.165) is 44.2 Å². The molecule has 1 unspecified atom stereocenters. The van der Waals surface area contributed by atoms with Crippen LogP contribution in [0.25, 0.3) is 0 Å². The van der Waals surface area contributed by atoms with Gasteiger partial charge in [-0.05, 0) is 30.7 Å². The van der Waals surface area contributed by atoms with Crippen molar-refractivity contribution in [2.75, 3.05) is 13.2 Å². The first-order chi connectivity index (χ1) is 10.3. The quantitative estimate of drug-likeness (QED) is 0.916. The van der Waals surface area contributed by atoms with Crippen LogP contribution in [-0.4, -0.2) is 29.0 Å². The molecule has 1 aliphatic rings. The van der Waals surface area contributed by atoms with Gasteiger partial charge in [0.15, 0.2) is 11.5 Å². The Morgan fingerprint density at radius 3 is 2.95 bits per heavy atom. The van der Waals surface area contributed by atoms with Crippen LogP contribution in [0, 0.1) is 0 Å². The lowest BCUT2D eigenvalue weighted by Gasteiger charge is -2.15. The van der Waals surface area contributed by atoms with Crippen molar-refractivity contribution >= 4 is 0 Å². The first kappa shape index (κ1) is 13.9. The molecule has 1 aromatic heterocycles. The van der Waals surface area contributed by atoms with Gasteiger partial charge in [-0.25, -0.2) is 0 Å². The van der Waals surface area contributed by atoms with Crippen LogP contribution in [0.1, 0.15) is 18.9 Å². The summed E-state index contributed by atoms with van der Waals surface area (Å²) in [5.41, 5.74) is 1.20. The predicted molar refractivity (Wildman–Crippen MR) is 80.6 cm³/mol. The van der Waals surface area contributed by atoms with Gasteiger partial charge >= 0.3 is 0 Å². The molecule has 112 valence electrons. The first-order valence-corrected chi connectivity index (χ1v) is 7.40. The zero-order chi connectivity index (χ0) is 14.5. The molecule has 1 atom stereocenters. The summed E-state index contributed by atoms with van der Waals surface area (Å²) in [6.07, 6.45) is 4.71. The topological polar surface area (TPSA) is 48.3 Å². The minimum Gasteiger partial charge on any atom is -0.490 e. The van der Waals surface area contributed by atoms with Gasteiger partial charge in [0.05, 0.1) is 19.8 Å². The average molecular weight is 287 g/mol. The monoisotopic (exact) mass is 287 g/mol.